The van der Waals surface area contributed by atoms with Crippen LogP contribution in [0.5, 0.6) is 0 Å². The number of nitrogens with zero attached hydrogens (tertiary/aromatic N) is 1. The van der Waals surface area contributed by atoms with Crippen molar-refractivity contribution in [2.75, 3.05) is 33.2 Å². The molecule has 0 bridgehead atoms. The smallest absolute Gasteiger partial charge is 0.0678 e. The van der Waals surface area contributed by atoms with Gasteiger partial charge in [-0.25, -0.2) is 0 Å². The Morgan fingerprint density at radius 1 is 1.31 bits per heavy atom. The van der Waals surface area contributed by atoms with Crippen molar-refractivity contribution in [1.82, 2.24) is 10.2 Å². The summed E-state index contributed by atoms with van der Waals surface area (Å²) in [5.41, 5.74) is 0.380. The second kappa shape index (κ2) is 5.99. The lowest BCUT2D eigenvalue weighted by atomic mass is 9.86. The van der Waals surface area contributed by atoms with Crippen molar-refractivity contribution in [1.29, 1.82) is 0 Å². The monoisotopic (exact) mass is 228 g/mol. The predicted molar refractivity (Wildman–Crippen MR) is 68.8 cm³/mol. The van der Waals surface area contributed by atoms with Crippen LogP contribution in [0.3, 0.4) is 0 Å². The standard InChI is InChI=1S/C13H28N2O/c1-6-13(4,9-14-5)10-15-7-11(2)16-12(3)8-15/h11-12,14H,6-10H2,1-5H3. The fourth-order valence-electron chi connectivity index (χ4n) is 2.67. The topological polar surface area (TPSA) is 24.5 Å². The molecule has 1 fully saturated rings. The highest BCUT2D eigenvalue weighted by Gasteiger charge is 2.29. The first-order valence-corrected chi connectivity index (χ1v) is 6.51. The van der Waals surface area contributed by atoms with Crippen molar-refractivity contribution in [3.63, 3.8) is 0 Å². The van der Waals surface area contributed by atoms with Gasteiger partial charge in [0.25, 0.3) is 0 Å². The van der Waals surface area contributed by atoms with Gasteiger partial charge in [-0.05, 0) is 32.7 Å². The van der Waals surface area contributed by atoms with Crippen LogP contribution in [0.4, 0.5) is 0 Å². The van der Waals surface area contributed by atoms with Crippen molar-refractivity contribution < 1.29 is 4.74 Å². The van der Waals surface area contributed by atoms with Gasteiger partial charge in [0.1, 0.15) is 0 Å². The molecule has 3 unspecified atom stereocenters. The first-order chi connectivity index (χ1) is 7.49. The van der Waals surface area contributed by atoms with Crippen molar-refractivity contribution in [2.24, 2.45) is 5.41 Å². The summed E-state index contributed by atoms with van der Waals surface area (Å²) in [7, 11) is 2.04. The van der Waals surface area contributed by atoms with Crippen LogP contribution in [0, 0.1) is 5.41 Å². The molecule has 1 aliphatic heterocycles. The highest BCUT2D eigenvalue weighted by Crippen LogP contribution is 2.23. The molecule has 1 rings (SSSR count). The maximum atomic E-state index is 5.77. The summed E-state index contributed by atoms with van der Waals surface area (Å²) in [6.07, 6.45) is 1.97. The number of ether oxygens (including phenoxy) is 1. The Balaban J connectivity index is 2.50. The van der Waals surface area contributed by atoms with Gasteiger partial charge in [0.15, 0.2) is 0 Å². The molecule has 0 aliphatic carbocycles. The zero-order chi connectivity index (χ0) is 12.2. The van der Waals surface area contributed by atoms with Crippen molar-refractivity contribution in [3.8, 4) is 0 Å². The van der Waals surface area contributed by atoms with E-state index < -0.39 is 0 Å². The van der Waals surface area contributed by atoms with E-state index in [-0.39, 0.29) is 0 Å². The zero-order valence-electron chi connectivity index (χ0n) is 11.5. The van der Waals surface area contributed by atoms with Gasteiger partial charge in [0, 0.05) is 26.2 Å². The van der Waals surface area contributed by atoms with E-state index in [4.69, 9.17) is 4.74 Å². The van der Waals surface area contributed by atoms with Crippen LogP contribution in [0.15, 0.2) is 0 Å². The number of morpholine rings is 1. The number of hydrogen-bond donors (Lipinski definition) is 1. The quantitative estimate of drug-likeness (QED) is 0.775. The van der Waals surface area contributed by atoms with Crippen LogP contribution in [-0.2, 0) is 4.74 Å². The number of hydrogen-bond acceptors (Lipinski definition) is 3. The van der Waals surface area contributed by atoms with Gasteiger partial charge in [-0.2, -0.15) is 0 Å². The van der Waals surface area contributed by atoms with Gasteiger partial charge in [0.05, 0.1) is 12.2 Å². The lowest BCUT2D eigenvalue weighted by Gasteiger charge is -2.40. The lowest BCUT2D eigenvalue weighted by Crippen LogP contribution is -2.50. The molecule has 0 aromatic rings. The number of nitrogens with one attached hydrogen (secondary N) is 1. The van der Waals surface area contributed by atoms with E-state index in [1.54, 1.807) is 0 Å². The summed E-state index contributed by atoms with van der Waals surface area (Å²) >= 11 is 0. The van der Waals surface area contributed by atoms with Crippen molar-refractivity contribution >= 4 is 0 Å². The summed E-state index contributed by atoms with van der Waals surface area (Å²) in [5.74, 6) is 0. The van der Waals surface area contributed by atoms with E-state index in [0.29, 0.717) is 17.6 Å². The Kier molecular flexibility index (Phi) is 5.22. The molecule has 3 nitrogen and oxygen atoms in total. The maximum Gasteiger partial charge on any atom is 0.0678 e. The van der Waals surface area contributed by atoms with E-state index in [0.717, 1.165) is 19.6 Å². The summed E-state index contributed by atoms with van der Waals surface area (Å²) in [6.45, 7) is 13.4. The molecule has 1 saturated heterocycles. The lowest BCUT2D eigenvalue weighted by molar-refractivity contribution is -0.0767. The molecule has 0 radical (unpaired) electrons. The molecular formula is C13H28N2O. The zero-order valence-corrected chi connectivity index (χ0v) is 11.5. The minimum Gasteiger partial charge on any atom is -0.373 e. The minimum absolute atomic E-state index is 0.374. The Bertz CT molecular complexity index is 200. The maximum absolute atomic E-state index is 5.77. The Morgan fingerprint density at radius 3 is 2.31 bits per heavy atom. The normalized spacial score (nSPS) is 31.3. The third-order valence-corrected chi connectivity index (χ3v) is 3.56. The summed E-state index contributed by atoms with van der Waals surface area (Å²) < 4.78 is 5.77. The third-order valence-electron chi connectivity index (χ3n) is 3.56. The van der Waals surface area contributed by atoms with Gasteiger partial charge in [-0.3, -0.25) is 4.90 Å². The van der Waals surface area contributed by atoms with Gasteiger partial charge < -0.3 is 10.1 Å². The Labute approximate surface area is 101 Å². The third kappa shape index (κ3) is 4.04. The first-order valence-electron chi connectivity index (χ1n) is 6.51. The summed E-state index contributed by atoms with van der Waals surface area (Å²) in [5, 5.41) is 3.31. The summed E-state index contributed by atoms with van der Waals surface area (Å²) in [6, 6.07) is 0. The molecule has 3 heteroatoms. The molecule has 1 heterocycles. The molecule has 3 atom stereocenters. The Morgan fingerprint density at radius 2 is 1.88 bits per heavy atom. The average molecular weight is 228 g/mol. The highest BCUT2D eigenvalue weighted by atomic mass is 16.5. The highest BCUT2D eigenvalue weighted by molar-refractivity contribution is 4.82. The van der Waals surface area contributed by atoms with E-state index >= 15 is 0 Å². The second-order valence-corrected chi connectivity index (χ2v) is 5.65. The van der Waals surface area contributed by atoms with Gasteiger partial charge >= 0.3 is 0 Å². The largest absolute Gasteiger partial charge is 0.373 e. The summed E-state index contributed by atoms with van der Waals surface area (Å²) in [4.78, 5) is 2.56. The van der Waals surface area contributed by atoms with E-state index in [9.17, 15) is 0 Å². The fraction of sp³-hybridized carbons (Fsp3) is 1.00. The molecule has 0 saturated carbocycles. The predicted octanol–water partition coefficient (Wildman–Crippen LogP) is 1.73. The molecular weight excluding hydrogens is 200 g/mol. The molecule has 1 aliphatic rings. The van der Waals surface area contributed by atoms with Crippen LogP contribution < -0.4 is 5.32 Å². The fourth-order valence-corrected chi connectivity index (χ4v) is 2.67. The van der Waals surface area contributed by atoms with E-state index in [1.165, 1.54) is 13.0 Å². The van der Waals surface area contributed by atoms with Crippen molar-refractivity contribution in [3.05, 3.63) is 0 Å². The minimum atomic E-state index is 0.374. The molecule has 0 spiro atoms. The number of rotatable bonds is 5. The van der Waals surface area contributed by atoms with Crippen LogP contribution in [0.2, 0.25) is 0 Å². The molecule has 0 aromatic carbocycles. The molecule has 96 valence electrons. The van der Waals surface area contributed by atoms with Gasteiger partial charge in [0.2, 0.25) is 0 Å². The van der Waals surface area contributed by atoms with Gasteiger partial charge in [-0.15, -0.1) is 0 Å². The van der Waals surface area contributed by atoms with Crippen LogP contribution in [0.1, 0.15) is 34.1 Å². The molecule has 0 aromatic heterocycles. The second-order valence-electron chi connectivity index (χ2n) is 5.65. The van der Waals surface area contributed by atoms with Crippen LogP contribution in [0.25, 0.3) is 0 Å². The van der Waals surface area contributed by atoms with Gasteiger partial charge in [-0.1, -0.05) is 13.8 Å². The van der Waals surface area contributed by atoms with E-state index in [1.807, 2.05) is 7.05 Å². The SMILES string of the molecule is CCC(C)(CNC)CN1CC(C)OC(C)C1. The van der Waals surface area contributed by atoms with Crippen LogP contribution >= 0.6 is 0 Å². The molecule has 16 heavy (non-hydrogen) atoms. The molecule has 0 amide bonds. The Hall–Kier alpha value is -0.120. The van der Waals surface area contributed by atoms with E-state index in [2.05, 4.69) is 37.9 Å². The molecule has 1 N–H and O–H groups in total. The average Bonchev–Trinajstić information content (AvgIpc) is 2.16. The first kappa shape index (κ1) is 13.9. The van der Waals surface area contributed by atoms with Crippen LogP contribution in [-0.4, -0.2) is 50.3 Å². The van der Waals surface area contributed by atoms with Crippen molar-refractivity contribution in [2.45, 2.75) is 46.3 Å².